The molecular weight excluding hydrogens is 743 g/mol. The zero-order valence-electron chi connectivity index (χ0n) is 38.8. The van der Waals surface area contributed by atoms with E-state index in [2.05, 4.69) is 19.2 Å². The van der Waals surface area contributed by atoms with E-state index in [1.165, 1.54) is 193 Å². The summed E-state index contributed by atoms with van der Waals surface area (Å²) in [6.07, 6.45) is 39.9. The van der Waals surface area contributed by atoms with Gasteiger partial charge in [0.1, 0.15) is 24.4 Å². The van der Waals surface area contributed by atoms with Gasteiger partial charge in [-0.3, -0.25) is 4.79 Å². The van der Waals surface area contributed by atoms with Gasteiger partial charge >= 0.3 is 0 Å². The fourth-order valence-corrected chi connectivity index (χ4v) is 8.58. The summed E-state index contributed by atoms with van der Waals surface area (Å²) in [6.45, 7) is 3.85. The molecule has 6 N–H and O–H groups in total. The topological polar surface area (TPSA) is 149 Å². The van der Waals surface area contributed by atoms with Crippen molar-refractivity contribution in [1.29, 1.82) is 0 Å². The largest absolute Gasteiger partial charge is 0.394 e. The fraction of sp³-hybridized carbons (Fsp3) is 0.980. The molecule has 2 unspecified atom stereocenters. The maximum atomic E-state index is 13.0. The summed E-state index contributed by atoms with van der Waals surface area (Å²) in [5, 5.41) is 54.4. The van der Waals surface area contributed by atoms with Gasteiger partial charge in [0.25, 0.3) is 0 Å². The lowest BCUT2D eigenvalue weighted by molar-refractivity contribution is -0.302. The quantitative estimate of drug-likeness (QED) is 0.0332. The van der Waals surface area contributed by atoms with E-state index in [0.29, 0.717) is 12.8 Å². The number of ether oxygens (including phenoxy) is 2. The van der Waals surface area contributed by atoms with Crippen molar-refractivity contribution in [3.63, 3.8) is 0 Å². The van der Waals surface area contributed by atoms with Crippen molar-refractivity contribution in [2.75, 3.05) is 13.2 Å². The molecule has 0 spiro atoms. The molecule has 0 aromatic rings. The van der Waals surface area contributed by atoms with Crippen LogP contribution in [0.2, 0.25) is 0 Å². The molecule has 0 aromatic heterocycles. The molecule has 59 heavy (non-hydrogen) atoms. The second kappa shape index (κ2) is 41.2. The van der Waals surface area contributed by atoms with Crippen LogP contribution in [0, 0.1) is 0 Å². The Hall–Kier alpha value is -0.810. The van der Waals surface area contributed by atoms with E-state index >= 15 is 0 Å². The number of amides is 1. The summed E-state index contributed by atoms with van der Waals surface area (Å²) in [4.78, 5) is 13.0. The molecule has 1 rings (SSSR count). The average molecular weight is 842 g/mol. The lowest BCUT2D eigenvalue weighted by Crippen LogP contribution is -2.60. The number of carbonyl (C=O) groups is 1. The molecule has 1 aliphatic heterocycles. The van der Waals surface area contributed by atoms with E-state index in [0.717, 1.165) is 38.5 Å². The highest BCUT2D eigenvalue weighted by Crippen LogP contribution is 2.23. The third-order valence-electron chi connectivity index (χ3n) is 12.7. The second-order valence-electron chi connectivity index (χ2n) is 18.3. The third kappa shape index (κ3) is 31.6. The van der Waals surface area contributed by atoms with Crippen molar-refractivity contribution in [3.8, 4) is 0 Å². The van der Waals surface area contributed by atoms with Gasteiger partial charge in [-0.15, -0.1) is 0 Å². The van der Waals surface area contributed by atoms with Crippen molar-refractivity contribution in [2.24, 2.45) is 0 Å². The van der Waals surface area contributed by atoms with Crippen molar-refractivity contribution < 1.29 is 39.8 Å². The van der Waals surface area contributed by atoms with Gasteiger partial charge in [0.05, 0.1) is 25.4 Å². The Balaban J connectivity index is 2.16. The Morgan fingerprint density at radius 3 is 1.20 bits per heavy atom. The molecule has 0 radical (unpaired) electrons. The van der Waals surface area contributed by atoms with Crippen molar-refractivity contribution >= 4 is 5.91 Å². The first-order chi connectivity index (χ1) is 28.8. The van der Waals surface area contributed by atoms with Crippen molar-refractivity contribution in [3.05, 3.63) is 0 Å². The van der Waals surface area contributed by atoms with Crippen LogP contribution in [0.1, 0.15) is 258 Å². The lowest BCUT2D eigenvalue weighted by Gasteiger charge is -2.40. The van der Waals surface area contributed by atoms with Crippen LogP contribution in [0.25, 0.3) is 0 Å². The van der Waals surface area contributed by atoms with Gasteiger partial charge in [-0.25, -0.2) is 0 Å². The normalized spacial score (nSPS) is 20.6. The number of unbranched alkanes of at least 4 members (excludes halogenated alkanes) is 34. The number of nitrogens with one attached hydrogen (secondary N) is 1. The van der Waals surface area contributed by atoms with Gasteiger partial charge in [-0.1, -0.05) is 239 Å². The van der Waals surface area contributed by atoms with Crippen LogP contribution >= 0.6 is 0 Å². The van der Waals surface area contributed by atoms with Crippen LogP contribution in [0.4, 0.5) is 0 Å². The zero-order valence-corrected chi connectivity index (χ0v) is 38.8. The minimum absolute atomic E-state index is 0.132. The highest BCUT2D eigenvalue weighted by Gasteiger charge is 2.44. The van der Waals surface area contributed by atoms with Gasteiger partial charge in [0.15, 0.2) is 6.29 Å². The van der Waals surface area contributed by atoms with E-state index in [-0.39, 0.29) is 12.5 Å². The predicted octanol–water partition coefficient (Wildman–Crippen LogP) is 11.5. The predicted molar refractivity (Wildman–Crippen MR) is 244 cm³/mol. The number of aliphatic hydroxyl groups excluding tert-OH is 5. The average Bonchev–Trinajstić information content (AvgIpc) is 3.23. The molecular formula is C50H99NO8. The van der Waals surface area contributed by atoms with Crippen LogP contribution in [0.3, 0.4) is 0 Å². The molecule has 1 fully saturated rings. The highest BCUT2D eigenvalue weighted by molar-refractivity contribution is 5.76. The molecule has 0 saturated carbocycles. The maximum absolute atomic E-state index is 13.0. The molecule has 0 aromatic carbocycles. The van der Waals surface area contributed by atoms with Crippen molar-refractivity contribution in [2.45, 2.75) is 301 Å². The summed E-state index contributed by atoms with van der Waals surface area (Å²) in [5.74, 6) is -0.139. The highest BCUT2D eigenvalue weighted by atomic mass is 16.7. The molecule has 1 amide bonds. The standard InChI is InChI=1S/C50H99NO8/c1-3-5-7-9-11-13-15-16-17-18-19-20-21-22-23-24-25-26-27-28-30-32-34-36-38-40-46(54)51-43(42-58-50-49(57)48(56)47(55)45(41-52)59-50)44(53)39-37-35-33-31-29-14-12-10-8-6-4-2/h43-45,47-50,52-53,55-57H,3-42H2,1-2H3,(H,51,54)/t43-,44+,45+,47-,48?,49?,50+/m0/s1. The van der Waals surface area contributed by atoms with Crippen LogP contribution in [0.15, 0.2) is 0 Å². The molecule has 352 valence electrons. The molecule has 0 aliphatic carbocycles. The van der Waals surface area contributed by atoms with E-state index < -0.39 is 49.5 Å². The lowest BCUT2D eigenvalue weighted by atomic mass is 9.99. The number of carbonyl (C=O) groups excluding carboxylic acids is 1. The van der Waals surface area contributed by atoms with E-state index in [1.54, 1.807) is 0 Å². The number of hydrogen-bond donors (Lipinski definition) is 6. The van der Waals surface area contributed by atoms with E-state index in [1.807, 2.05) is 0 Å². The van der Waals surface area contributed by atoms with Gasteiger partial charge in [-0.2, -0.15) is 0 Å². The molecule has 1 saturated heterocycles. The van der Waals surface area contributed by atoms with Crippen LogP contribution < -0.4 is 5.32 Å². The van der Waals surface area contributed by atoms with Gasteiger partial charge in [-0.05, 0) is 12.8 Å². The summed E-state index contributed by atoms with van der Waals surface area (Å²) in [5.41, 5.74) is 0. The molecule has 1 aliphatic rings. The van der Waals surface area contributed by atoms with Crippen molar-refractivity contribution in [1.82, 2.24) is 5.32 Å². The second-order valence-corrected chi connectivity index (χ2v) is 18.3. The van der Waals surface area contributed by atoms with E-state index in [9.17, 15) is 30.3 Å². The summed E-state index contributed by atoms with van der Waals surface area (Å²) >= 11 is 0. The van der Waals surface area contributed by atoms with Crippen LogP contribution in [-0.4, -0.2) is 87.5 Å². The summed E-state index contributed by atoms with van der Waals surface area (Å²) in [7, 11) is 0. The Labute approximate surface area is 364 Å². The first-order valence-electron chi connectivity index (χ1n) is 25.7. The SMILES string of the molecule is CCCCCCCCCCCCCCCCCCCCCCCCCCCC(=O)N[C@@H](CO[C@@H]1O[C@H](CO)[C@H](O)C(O)C1O)[C@H](O)CCCCCCCCCCCCC. The number of hydrogen-bond acceptors (Lipinski definition) is 8. The Morgan fingerprint density at radius 1 is 0.508 bits per heavy atom. The van der Waals surface area contributed by atoms with Crippen LogP contribution in [0.5, 0.6) is 0 Å². The first-order valence-corrected chi connectivity index (χ1v) is 25.7. The minimum Gasteiger partial charge on any atom is -0.394 e. The smallest absolute Gasteiger partial charge is 0.220 e. The van der Waals surface area contributed by atoms with Gasteiger partial charge < -0.3 is 40.3 Å². The Kier molecular flexibility index (Phi) is 39.3. The van der Waals surface area contributed by atoms with E-state index in [4.69, 9.17) is 9.47 Å². The molecule has 9 heteroatoms. The summed E-state index contributed by atoms with van der Waals surface area (Å²) in [6, 6.07) is -0.711. The zero-order chi connectivity index (χ0) is 43.0. The van der Waals surface area contributed by atoms with Gasteiger partial charge in [0, 0.05) is 6.42 Å². The third-order valence-corrected chi connectivity index (χ3v) is 12.7. The Bertz CT molecular complexity index is 893. The summed E-state index contributed by atoms with van der Waals surface area (Å²) < 4.78 is 11.3. The fourth-order valence-electron chi connectivity index (χ4n) is 8.58. The van der Waals surface area contributed by atoms with Crippen LogP contribution in [-0.2, 0) is 14.3 Å². The Morgan fingerprint density at radius 2 is 0.847 bits per heavy atom. The maximum Gasteiger partial charge on any atom is 0.220 e. The number of aliphatic hydroxyl groups is 5. The first kappa shape index (κ1) is 56.2. The molecule has 9 nitrogen and oxygen atoms in total. The monoisotopic (exact) mass is 842 g/mol. The molecule has 1 heterocycles. The molecule has 0 bridgehead atoms. The van der Waals surface area contributed by atoms with Gasteiger partial charge in [0.2, 0.25) is 5.91 Å². The molecule has 7 atom stereocenters. The number of rotatable bonds is 44. The minimum atomic E-state index is -1.55.